The van der Waals surface area contributed by atoms with Gasteiger partial charge in [0, 0.05) is 12.2 Å². The van der Waals surface area contributed by atoms with Gasteiger partial charge in [0.2, 0.25) is 0 Å². The monoisotopic (exact) mass is 327 g/mol. The molecular formula is C14H18ClN3O4. The molecule has 1 heterocycles. The number of hydrogen-bond acceptors (Lipinski definition) is 4. The Balaban J connectivity index is 1.68. The minimum Gasteiger partial charge on any atom is -0.451 e. The van der Waals surface area contributed by atoms with E-state index in [1.165, 1.54) is 18.7 Å². The SMILES string of the molecule is O=C(COC(=O)c1cc(Cl)c[nH]1)NC(=O)NC1CCCCC1. The Morgan fingerprint density at radius 1 is 1.27 bits per heavy atom. The second kappa shape index (κ2) is 7.84. The van der Waals surface area contributed by atoms with Crippen LogP contribution in [0.25, 0.3) is 0 Å². The molecule has 8 heteroatoms. The molecule has 0 saturated heterocycles. The highest BCUT2D eigenvalue weighted by Gasteiger charge is 2.18. The zero-order chi connectivity index (χ0) is 15.9. The number of amides is 3. The van der Waals surface area contributed by atoms with Gasteiger partial charge >= 0.3 is 12.0 Å². The van der Waals surface area contributed by atoms with Crippen LogP contribution >= 0.6 is 11.6 Å². The van der Waals surface area contributed by atoms with Gasteiger partial charge in [-0.05, 0) is 18.9 Å². The van der Waals surface area contributed by atoms with Crippen molar-refractivity contribution in [2.75, 3.05) is 6.61 Å². The van der Waals surface area contributed by atoms with Gasteiger partial charge in [0.05, 0.1) is 5.02 Å². The number of halogens is 1. The number of H-pyrrole nitrogens is 1. The molecule has 0 radical (unpaired) electrons. The number of imide groups is 1. The topological polar surface area (TPSA) is 100 Å². The Morgan fingerprint density at radius 2 is 2.00 bits per heavy atom. The first-order valence-corrected chi connectivity index (χ1v) is 7.54. The summed E-state index contributed by atoms with van der Waals surface area (Å²) in [6.07, 6.45) is 6.60. The van der Waals surface area contributed by atoms with Crippen LogP contribution in [0.15, 0.2) is 12.3 Å². The number of hydrogen-bond donors (Lipinski definition) is 3. The lowest BCUT2D eigenvalue weighted by Crippen LogP contribution is -2.46. The molecule has 3 N–H and O–H groups in total. The van der Waals surface area contributed by atoms with E-state index in [-0.39, 0.29) is 11.7 Å². The standard InChI is InChI=1S/C14H18ClN3O4/c15-9-6-11(16-7-9)13(20)22-8-12(19)18-14(21)17-10-4-2-1-3-5-10/h6-7,10,16H,1-5,8H2,(H2,17,18,19,21). The average molecular weight is 328 g/mol. The third-order valence-electron chi connectivity index (χ3n) is 3.40. The van der Waals surface area contributed by atoms with Crippen molar-refractivity contribution < 1.29 is 19.1 Å². The molecular weight excluding hydrogens is 310 g/mol. The number of nitrogens with one attached hydrogen (secondary N) is 3. The van der Waals surface area contributed by atoms with Gasteiger partial charge in [0.25, 0.3) is 5.91 Å². The molecule has 1 saturated carbocycles. The highest BCUT2D eigenvalue weighted by molar-refractivity contribution is 6.30. The van der Waals surface area contributed by atoms with Gasteiger partial charge in [-0.1, -0.05) is 30.9 Å². The first-order valence-electron chi connectivity index (χ1n) is 7.16. The minimum absolute atomic E-state index is 0.102. The molecule has 0 spiro atoms. The van der Waals surface area contributed by atoms with Crippen LogP contribution in [0.2, 0.25) is 5.02 Å². The summed E-state index contributed by atoms with van der Waals surface area (Å²) in [4.78, 5) is 37.4. The lowest BCUT2D eigenvalue weighted by Gasteiger charge is -2.22. The maximum atomic E-state index is 11.6. The van der Waals surface area contributed by atoms with E-state index >= 15 is 0 Å². The van der Waals surface area contributed by atoms with E-state index in [1.54, 1.807) is 0 Å². The molecule has 0 aromatic carbocycles. The van der Waals surface area contributed by atoms with Crippen LogP contribution in [0.4, 0.5) is 4.79 Å². The molecule has 0 bridgehead atoms. The van der Waals surface area contributed by atoms with Crippen molar-refractivity contribution in [1.82, 2.24) is 15.6 Å². The summed E-state index contributed by atoms with van der Waals surface area (Å²) in [5, 5.41) is 5.24. The van der Waals surface area contributed by atoms with Gasteiger partial charge in [-0.3, -0.25) is 10.1 Å². The fourth-order valence-corrected chi connectivity index (χ4v) is 2.49. The van der Waals surface area contributed by atoms with Gasteiger partial charge in [-0.15, -0.1) is 0 Å². The van der Waals surface area contributed by atoms with Gasteiger partial charge in [0.1, 0.15) is 5.69 Å². The molecule has 22 heavy (non-hydrogen) atoms. The van der Waals surface area contributed by atoms with Crippen molar-refractivity contribution in [2.24, 2.45) is 0 Å². The Kier molecular flexibility index (Phi) is 5.83. The minimum atomic E-state index is -0.713. The lowest BCUT2D eigenvalue weighted by atomic mass is 9.96. The van der Waals surface area contributed by atoms with Gasteiger partial charge in [-0.25, -0.2) is 9.59 Å². The summed E-state index contributed by atoms with van der Waals surface area (Å²) in [7, 11) is 0. The average Bonchev–Trinajstić information content (AvgIpc) is 2.92. The third-order valence-corrected chi connectivity index (χ3v) is 3.61. The van der Waals surface area contributed by atoms with Crippen LogP contribution in [-0.4, -0.2) is 35.5 Å². The molecule has 0 aliphatic heterocycles. The summed E-state index contributed by atoms with van der Waals surface area (Å²) in [5.41, 5.74) is 0.143. The Bertz CT molecular complexity index is 552. The number of aromatic nitrogens is 1. The number of ether oxygens (including phenoxy) is 1. The summed E-state index contributed by atoms with van der Waals surface area (Å²) in [6.45, 7) is -0.534. The van der Waals surface area contributed by atoms with Crippen LogP contribution in [0.3, 0.4) is 0 Å². The van der Waals surface area contributed by atoms with Gasteiger partial charge in [-0.2, -0.15) is 0 Å². The van der Waals surface area contributed by atoms with Gasteiger partial charge in [0.15, 0.2) is 6.61 Å². The third kappa shape index (κ3) is 5.07. The molecule has 1 aromatic rings. The van der Waals surface area contributed by atoms with Crippen molar-refractivity contribution in [2.45, 2.75) is 38.1 Å². The molecule has 7 nitrogen and oxygen atoms in total. The number of esters is 1. The van der Waals surface area contributed by atoms with Crippen LogP contribution in [0.1, 0.15) is 42.6 Å². The van der Waals surface area contributed by atoms with Crippen LogP contribution in [-0.2, 0) is 9.53 Å². The predicted molar refractivity (Wildman–Crippen MR) is 79.6 cm³/mol. The highest BCUT2D eigenvalue weighted by Crippen LogP contribution is 2.17. The van der Waals surface area contributed by atoms with E-state index < -0.39 is 24.5 Å². The Morgan fingerprint density at radius 3 is 2.64 bits per heavy atom. The van der Waals surface area contributed by atoms with E-state index in [0.717, 1.165) is 25.7 Å². The molecule has 2 rings (SSSR count). The van der Waals surface area contributed by atoms with Crippen molar-refractivity contribution in [3.8, 4) is 0 Å². The number of carbonyl (C=O) groups is 3. The second-order valence-electron chi connectivity index (χ2n) is 5.16. The summed E-state index contributed by atoms with van der Waals surface area (Å²) in [5.74, 6) is -1.39. The lowest BCUT2D eigenvalue weighted by molar-refractivity contribution is -0.123. The molecule has 120 valence electrons. The normalized spacial score (nSPS) is 15.1. The maximum Gasteiger partial charge on any atom is 0.355 e. The van der Waals surface area contributed by atoms with E-state index in [4.69, 9.17) is 16.3 Å². The largest absolute Gasteiger partial charge is 0.451 e. The zero-order valence-electron chi connectivity index (χ0n) is 12.0. The van der Waals surface area contributed by atoms with Crippen LogP contribution in [0, 0.1) is 0 Å². The van der Waals surface area contributed by atoms with E-state index in [0.29, 0.717) is 5.02 Å². The van der Waals surface area contributed by atoms with E-state index in [2.05, 4.69) is 15.6 Å². The summed E-state index contributed by atoms with van der Waals surface area (Å²) in [6, 6.07) is 0.929. The molecule has 0 atom stereocenters. The van der Waals surface area contributed by atoms with E-state index in [1.807, 2.05) is 0 Å². The highest BCUT2D eigenvalue weighted by atomic mass is 35.5. The number of aromatic amines is 1. The molecule has 1 aromatic heterocycles. The first-order chi connectivity index (χ1) is 10.5. The van der Waals surface area contributed by atoms with Crippen LogP contribution in [0.5, 0.6) is 0 Å². The zero-order valence-corrected chi connectivity index (χ0v) is 12.7. The maximum absolute atomic E-state index is 11.6. The Hall–Kier alpha value is -2.02. The number of rotatable bonds is 4. The molecule has 0 unspecified atom stereocenters. The van der Waals surface area contributed by atoms with Crippen molar-refractivity contribution >= 4 is 29.5 Å². The smallest absolute Gasteiger partial charge is 0.355 e. The molecule has 1 aliphatic rings. The Labute approximate surface area is 132 Å². The summed E-state index contributed by atoms with van der Waals surface area (Å²) >= 11 is 5.66. The number of urea groups is 1. The second-order valence-corrected chi connectivity index (χ2v) is 5.60. The molecule has 1 aliphatic carbocycles. The fraction of sp³-hybridized carbons (Fsp3) is 0.500. The van der Waals surface area contributed by atoms with Gasteiger partial charge < -0.3 is 15.0 Å². The van der Waals surface area contributed by atoms with Crippen molar-refractivity contribution in [1.29, 1.82) is 0 Å². The first kappa shape index (κ1) is 16.4. The van der Waals surface area contributed by atoms with Crippen molar-refractivity contribution in [3.05, 3.63) is 23.0 Å². The molecule has 1 fully saturated rings. The quantitative estimate of drug-likeness (QED) is 0.736. The summed E-state index contributed by atoms with van der Waals surface area (Å²) < 4.78 is 4.77. The van der Waals surface area contributed by atoms with Crippen LogP contribution < -0.4 is 10.6 Å². The number of carbonyl (C=O) groups excluding carboxylic acids is 3. The fourth-order valence-electron chi connectivity index (χ4n) is 2.33. The van der Waals surface area contributed by atoms with Crippen molar-refractivity contribution in [3.63, 3.8) is 0 Å². The molecule has 3 amide bonds. The van der Waals surface area contributed by atoms with E-state index in [9.17, 15) is 14.4 Å². The predicted octanol–water partition coefficient (Wildman–Crippen LogP) is 1.98.